The Labute approximate surface area is 351 Å². The number of hydrogen-bond acceptors (Lipinski definition) is 10. The van der Waals surface area contributed by atoms with E-state index >= 15 is 0 Å². The van der Waals surface area contributed by atoms with E-state index < -0.39 is 74.2 Å². The zero-order valence-electron chi connectivity index (χ0n) is 36.0. The molecule has 58 heavy (non-hydrogen) atoms. The quantitative estimate of drug-likeness (QED) is 0.0183. The zero-order valence-corrected chi connectivity index (χ0v) is 36.0. The third-order valence-electron chi connectivity index (χ3n) is 10.5. The van der Waals surface area contributed by atoms with E-state index in [-0.39, 0.29) is 12.8 Å². The highest BCUT2D eigenvalue weighted by Gasteiger charge is 2.44. The summed E-state index contributed by atoms with van der Waals surface area (Å²) in [4.78, 5) is 13.1. The second-order valence-corrected chi connectivity index (χ2v) is 15.7. The fourth-order valence-corrected chi connectivity index (χ4v) is 6.76. The number of carbonyl (C=O) groups excluding carboxylic acids is 1. The average Bonchev–Trinajstić information content (AvgIpc) is 3.22. The lowest BCUT2D eigenvalue weighted by atomic mass is 9.98. The van der Waals surface area contributed by atoms with Crippen LogP contribution in [-0.4, -0.2) is 110 Å². The molecule has 0 aromatic heterocycles. The lowest BCUT2D eigenvalue weighted by Crippen LogP contribution is -2.60. The Morgan fingerprint density at radius 1 is 0.621 bits per heavy atom. The minimum atomic E-state index is -1.67. The van der Waals surface area contributed by atoms with Crippen LogP contribution in [0.2, 0.25) is 0 Å². The Balaban J connectivity index is 2.49. The second kappa shape index (κ2) is 36.6. The highest BCUT2D eigenvalue weighted by Crippen LogP contribution is 2.23. The Morgan fingerprint density at radius 2 is 1.14 bits per heavy atom. The number of amides is 1. The van der Waals surface area contributed by atoms with Crippen molar-refractivity contribution in [2.75, 3.05) is 13.2 Å². The molecule has 1 heterocycles. The van der Waals surface area contributed by atoms with Crippen molar-refractivity contribution >= 4 is 5.91 Å². The summed E-state index contributed by atoms with van der Waals surface area (Å²) in [5, 5.41) is 75.5. The lowest BCUT2D eigenvalue weighted by molar-refractivity contribution is -0.303. The summed E-state index contributed by atoms with van der Waals surface area (Å²) in [5.74, 6) is -0.721. The van der Waals surface area contributed by atoms with Crippen molar-refractivity contribution in [1.29, 1.82) is 0 Å². The molecule has 8 N–H and O–H groups in total. The van der Waals surface area contributed by atoms with Crippen molar-refractivity contribution in [1.82, 2.24) is 5.32 Å². The third-order valence-corrected chi connectivity index (χ3v) is 10.5. The molecule has 1 aliphatic rings. The molecule has 1 fully saturated rings. The maximum absolute atomic E-state index is 13.1. The van der Waals surface area contributed by atoms with Gasteiger partial charge in [0.1, 0.15) is 36.6 Å². The molecule has 9 atom stereocenters. The summed E-state index contributed by atoms with van der Waals surface area (Å²) in [6, 6.07) is -1.20. The van der Waals surface area contributed by atoms with Crippen molar-refractivity contribution in [2.24, 2.45) is 0 Å². The number of aliphatic hydroxyl groups excluding tert-OH is 7. The van der Waals surface area contributed by atoms with E-state index in [0.717, 1.165) is 64.2 Å². The maximum Gasteiger partial charge on any atom is 0.249 e. The van der Waals surface area contributed by atoms with Gasteiger partial charge in [-0.2, -0.15) is 0 Å². The van der Waals surface area contributed by atoms with Gasteiger partial charge in [0, 0.05) is 0 Å². The Bertz CT molecular complexity index is 1120. The molecule has 0 aromatic carbocycles. The summed E-state index contributed by atoms with van der Waals surface area (Å²) < 4.78 is 11.1. The highest BCUT2D eigenvalue weighted by atomic mass is 16.7. The number of nitrogens with one attached hydrogen (secondary N) is 1. The van der Waals surface area contributed by atoms with Gasteiger partial charge >= 0.3 is 0 Å². The minimum absolute atomic E-state index is 0.236. The van der Waals surface area contributed by atoms with Gasteiger partial charge < -0.3 is 50.5 Å². The molecule has 0 aliphatic carbocycles. The molecule has 1 rings (SSSR count). The minimum Gasteiger partial charge on any atom is -0.394 e. The SMILES string of the molecule is CC/C=C/CC/C=C/CC/C=C/CCCC(O)C(O)C(COC1OC(CO)C(O)C(O)C1O)NC(=O)C(O)CCCCCCCCCCC/C=C\C=C/CCCCC. The van der Waals surface area contributed by atoms with E-state index in [2.05, 4.69) is 73.8 Å². The van der Waals surface area contributed by atoms with Gasteiger partial charge in [-0.3, -0.25) is 4.79 Å². The molecule has 1 amide bonds. The Kier molecular flexibility index (Phi) is 34.0. The molecule has 11 nitrogen and oxygen atoms in total. The first kappa shape index (κ1) is 53.8. The van der Waals surface area contributed by atoms with Crippen molar-refractivity contribution in [3.63, 3.8) is 0 Å². The van der Waals surface area contributed by atoms with Crippen LogP contribution >= 0.6 is 0 Å². The molecule has 0 bridgehead atoms. The first-order valence-corrected chi connectivity index (χ1v) is 22.7. The molecular formula is C47H83NO10. The number of ether oxygens (including phenoxy) is 2. The van der Waals surface area contributed by atoms with Gasteiger partial charge in [-0.1, -0.05) is 139 Å². The van der Waals surface area contributed by atoms with Gasteiger partial charge in [0.05, 0.1) is 25.4 Å². The van der Waals surface area contributed by atoms with Crippen molar-refractivity contribution < 1.29 is 50.0 Å². The van der Waals surface area contributed by atoms with Crippen LogP contribution in [0.5, 0.6) is 0 Å². The molecule has 11 heteroatoms. The van der Waals surface area contributed by atoms with Gasteiger partial charge in [0.25, 0.3) is 0 Å². The summed E-state index contributed by atoms with van der Waals surface area (Å²) in [6.07, 6.45) is 32.7. The number of carbonyl (C=O) groups is 1. The number of unbranched alkanes of at least 4 members (excludes halogenated alkanes) is 15. The summed E-state index contributed by atoms with van der Waals surface area (Å²) in [6.45, 7) is 3.25. The van der Waals surface area contributed by atoms with Gasteiger partial charge in [0.15, 0.2) is 6.29 Å². The monoisotopic (exact) mass is 822 g/mol. The Hall–Kier alpha value is -2.19. The van der Waals surface area contributed by atoms with Crippen LogP contribution in [0.1, 0.15) is 162 Å². The van der Waals surface area contributed by atoms with Crippen LogP contribution in [0.15, 0.2) is 60.8 Å². The van der Waals surface area contributed by atoms with Crippen LogP contribution in [-0.2, 0) is 14.3 Å². The summed E-state index contributed by atoms with van der Waals surface area (Å²) in [7, 11) is 0. The normalized spacial score (nSPS) is 22.5. The van der Waals surface area contributed by atoms with E-state index in [9.17, 15) is 40.5 Å². The molecule has 1 aliphatic heterocycles. The summed E-state index contributed by atoms with van der Waals surface area (Å²) >= 11 is 0. The van der Waals surface area contributed by atoms with Gasteiger partial charge in [-0.15, -0.1) is 0 Å². The fourth-order valence-electron chi connectivity index (χ4n) is 6.76. The average molecular weight is 822 g/mol. The molecular weight excluding hydrogens is 739 g/mol. The van der Waals surface area contributed by atoms with E-state index in [1.165, 1.54) is 51.4 Å². The first-order valence-electron chi connectivity index (χ1n) is 22.7. The third kappa shape index (κ3) is 26.1. The fraction of sp³-hybridized carbons (Fsp3) is 0.766. The van der Waals surface area contributed by atoms with E-state index in [1.807, 2.05) is 6.08 Å². The molecule has 0 radical (unpaired) electrons. The molecule has 9 unspecified atom stereocenters. The van der Waals surface area contributed by atoms with Crippen molar-refractivity contribution in [2.45, 2.75) is 217 Å². The van der Waals surface area contributed by atoms with E-state index in [0.29, 0.717) is 19.3 Å². The number of allylic oxidation sites excluding steroid dienone is 10. The number of rotatable bonds is 36. The molecule has 1 saturated heterocycles. The summed E-state index contributed by atoms with van der Waals surface area (Å²) in [5.41, 5.74) is 0. The van der Waals surface area contributed by atoms with Crippen LogP contribution < -0.4 is 5.32 Å². The van der Waals surface area contributed by atoms with Crippen LogP contribution in [0.3, 0.4) is 0 Å². The smallest absolute Gasteiger partial charge is 0.249 e. The maximum atomic E-state index is 13.1. The predicted octanol–water partition coefficient (Wildman–Crippen LogP) is 7.16. The van der Waals surface area contributed by atoms with Gasteiger partial charge in [0.2, 0.25) is 5.91 Å². The van der Waals surface area contributed by atoms with Gasteiger partial charge in [-0.05, 0) is 83.5 Å². The topological polar surface area (TPSA) is 189 Å². The highest BCUT2D eigenvalue weighted by molar-refractivity contribution is 5.80. The number of hydrogen-bond donors (Lipinski definition) is 8. The second-order valence-electron chi connectivity index (χ2n) is 15.7. The van der Waals surface area contributed by atoms with E-state index in [4.69, 9.17) is 9.47 Å². The van der Waals surface area contributed by atoms with Crippen LogP contribution in [0, 0.1) is 0 Å². The van der Waals surface area contributed by atoms with Crippen LogP contribution in [0.25, 0.3) is 0 Å². The molecule has 0 saturated carbocycles. The van der Waals surface area contributed by atoms with E-state index in [1.54, 1.807) is 0 Å². The van der Waals surface area contributed by atoms with Gasteiger partial charge in [-0.25, -0.2) is 0 Å². The molecule has 0 aromatic rings. The number of aliphatic hydroxyl groups is 7. The van der Waals surface area contributed by atoms with Crippen molar-refractivity contribution in [3.05, 3.63) is 60.8 Å². The first-order chi connectivity index (χ1) is 28.2. The lowest BCUT2D eigenvalue weighted by Gasteiger charge is -2.40. The standard InChI is InChI=1S/C47H83NO10/c1-3-5-7-9-11-13-15-17-18-19-20-21-23-25-27-29-31-33-35-40(51)46(56)48-38(37-57-47-45(55)44(54)43(53)41(36-49)58-47)42(52)39(50)34-32-30-28-26-24-22-16-14-12-10-8-6-4-2/h6,8,11,13-17,26,28,38-45,47,49-55H,3-5,7,9-10,12,18-25,27,29-37H2,1-2H3,(H,48,56)/b8-6+,13-11-,16-14+,17-15-,28-26+. The Morgan fingerprint density at radius 3 is 1.71 bits per heavy atom. The van der Waals surface area contributed by atoms with Crippen molar-refractivity contribution in [3.8, 4) is 0 Å². The van der Waals surface area contributed by atoms with Crippen LogP contribution in [0.4, 0.5) is 0 Å². The largest absolute Gasteiger partial charge is 0.394 e. The molecule has 336 valence electrons. The molecule has 0 spiro atoms. The zero-order chi connectivity index (χ0) is 42.6. The predicted molar refractivity (Wildman–Crippen MR) is 233 cm³/mol.